The zero-order valence-corrected chi connectivity index (χ0v) is 15.4. The lowest BCUT2D eigenvalue weighted by atomic mass is 10.1. The summed E-state index contributed by atoms with van der Waals surface area (Å²) < 4.78 is 0. The lowest BCUT2D eigenvalue weighted by Crippen LogP contribution is -2.10. The summed E-state index contributed by atoms with van der Waals surface area (Å²) in [6.07, 6.45) is 8.11. The number of H-pyrrole nitrogens is 1. The largest absolute Gasteiger partial charge is 0.391 e. The lowest BCUT2D eigenvalue weighted by molar-refractivity contribution is -0.111. The highest BCUT2D eigenvalue weighted by Crippen LogP contribution is 2.29. The minimum Gasteiger partial charge on any atom is -0.391 e. The number of amidine groups is 1. The molecule has 0 saturated carbocycles. The smallest absolute Gasteiger partial charge is 0.251 e. The first-order valence-electron chi connectivity index (χ1n) is 8.72. The predicted molar refractivity (Wildman–Crippen MR) is 112 cm³/mol. The van der Waals surface area contributed by atoms with Crippen LogP contribution >= 0.6 is 0 Å². The maximum Gasteiger partial charge on any atom is 0.251 e. The fourth-order valence-corrected chi connectivity index (χ4v) is 2.58. The average Bonchev–Trinajstić information content (AvgIpc) is 3.11. The number of nitrogens with two attached hydrogens (primary N) is 1. The Bertz CT molecular complexity index is 1070. The Hall–Kier alpha value is -3.94. The first-order valence-corrected chi connectivity index (χ1v) is 8.72. The van der Waals surface area contributed by atoms with E-state index in [9.17, 15) is 4.79 Å². The zero-order chi connectivity index (χ0) is 19.9. The summed E-state index contributed by atoms with van der Waals surface area (Å²) in [5.74, 6) is 0.324. The highest BCUT2D eigenvalue weighted by molar-refractivity contribution is 6.02. The maximum absolute atomic E-state index is 11.5. The molecule has 0 atom stereocenters. The first kappa shape index (κ1) is 18.8. The molecule has 0 saturated heterocycles. The van der Waals surface area contributed by atoms with Crippen molar-refractivity contribution in [1.29, 1.82) is 0 Å². The van der Waals surface area contributed by atoms with E-state index in [1.807, 2.05) is 31.3 Å². The molecule has 28 heavy (non-hydrogen) atoms. The van der Waals surface area contributed by atoms with Gasteiger partial charge in [-0.05, 0) is 37.3 Å². The van der Waals surface area contributed by atoms with Crippen LogP contribution in [0.2, 0.25) is 0 Å². The maximum atomic E-state index is 11.5. The van der Waals surface area contributed by atoms with E-state index in [1.165, 1.54) is 6.08 Å². The van der Waals surface area contributed by atoms with Crippen molar-refractivity contribution in [3.05, 3.63) is 61.6 Å². The Morgan fingerprint density at radius 2 is 2.25 bits per heavy atom. The van der Waals surface area contributed by atoms with E-state index >= 15 is 0 Å². The second kappa shape index (κ2) is 8.63. The highest BCUT2D eigenvalue weighted by atomic mass is 16.1. The van der Waals surface area contributed by atoms with E-state index in [-0.39, 0.29) is 11.9 Å². The summed E-state index contributed by atoms with van der Waals surface area (Å²) in [7, 11) is 0. The summed E-state index contributed by atoms with van der Waals surface area (Å²) >= 11 is 0. The number of rotatable bonds is 7. The van der Waals surface area contributed by atoms with Crippen LogP contribution in [-0.2, 0) is 4.79 Å². The number of aromatic nitrogens is 3. The highest BCUT2D eigenvalue weighted by Gasteiger charge is 2.10. The van der Waals surface area contributed by atoms with Crippen LogP contribution in [0, 0.1) is 0 Å². The summed E-state index contributed by atoms with van der Waals surface area (Å²) in [5.41, 5.74) is 9.03. The number of hydrogen-bond donors (Lipinski definition) is 4. The quantitative estimate of drug-likeness (QED) is 0.287. The van der Waals surface area contributed by atoms with Gasteiger partial charge in [0.15, 0.2) is 0 Å². The number of carbonyl (C=O) groups is 1. The molecule has 0 aliphatic rings. The van der Waals surface area contributed by atoms with Crippen molar-refractivity contribution in [2.45, 2.75) is 6.92 Å². The molecule has 3 aromatic rings. The zero-order valence-electron chi connectivity index (χ0n) is 15.4. The van der Waals surface area contributed by atoms with E-state index in [2.05, 4.69) is 37.2 Å². The van der Waals surface area contributed by atoms with Gasteiger partial charge in [0.2, 0.25) is 5.91 Å². The molecule has 0 aliphatic carbocycles. The number of aromatic amines is 1. The average molecular weight is 375 g/mol. The fourth-order valence-electron chi connectivity index (χ4n) is 2.58. The third-order valence-electron chi connectivity index (χ3n) is 3.86. The molecule has 142 valence electrons. The molecule has 0 fully saturated rings. The molecular weight excluding hydrogens is 354 g/mol. The van der Waals surface area contributed by atoms with Crippen LogP contribution in [0.1, 0.15) is 6.92 Å². The van der Waals surface area contributed by atoms with E-state index < -0.39 is 0 Å². The number of aliphatic imine (C=N–C) groups is 1. The Morgan fingerprint density at radius 1 is 1.39 bits per heavy atom. The third-order valence-corrected chi connectivity index (χ3v) is 3.86. The van der Waals surface area contributed by atoms with Gasteiger partial charge in [0.05, 0.1) is 5.69 Å². The van der Waals surface area contributed by atoms with Crippen LogP contribution in [0.25, 0.3) is 22.2 Å². The first-order chi connectivity index (χ1) is 13.6. The Labute approximate surface area is 162 Å². The Morgan fingerprint density at radius 3 is 3.04 bits per heavy atom. The number of carbonyl (C=O) groups excluding carboxylic acids is 1. The van der Waals surface area contributed by atoms with Crippen LogP contribution in [0.5, 0.6) is 0 Å². The van der Waals surface area contributed by atoms with Crippen LogP contribution in [0.15, 0.2) is 66.6 Å². The minimum atomic E-state index is -0.259. The van der Waals surface area contributed by atoms with E-state index in [4.69, 9.17) is 5.73 Å². The molecule has 8 nitrogen and oxygen atoms in total. The SMILES string of the molecule is C=CC(=O)Nc1ccc2c(-c3ccnc(/N=C(N)\C=C/NCC)n3)c[nH]c2c1. The summed E-state index contributed by atoms with van der Waals surface area (Å²) in [6, 6.07) is 7.40. The van der Waals surface area contributed by atoms with Gasteiger partial charge in [-0.2, -0.15) is 4.99 Å². The third kappa shape index (κ3) is 4.42. The van der Waals surface area contributed by atoms with Crippen molar-refractivity contribution in [3.63, 3.8) is 0 Å². The number of nitrogens with one attached hydrogen (secondary N) is 3. The van der Waals surface area contributed by atoms with E-state index in [0.717, 1.165) is 23.0 Å². The molecule has 0 radical (unpaired) electrons. The number of hydrogen-bond acceptors (Lipinski definition) is 5. The summed E-state index contributed by atoms with van der Waals surface area (Å²) in [5, 5.41) is 6.72. The molecular formula is C20H21N7O. The van der Waals surface area contributed by atoms with Crippen molar-refractivity contribution in [3.8, 4) is 11.3 Å². The van der Waals surface area contributed by atoms with Gasteiger partial charge in [-0.3, -0.25) is 4.79 Å². The van der Waals surface area contributed by atoms with E-state index in [0.29, 0.717) is 17.2 Å². The molecule has 1 aromatic carbocycles. The van der Waals surface area contributed by atoms with Crippen LogP contribution in [-0.4, -0.2) is 33.2 Å². The molecule has 0 bridgehead atoms. The molecule has 5 N–H and O–H groups in total. The number of amides is 1. The second-order valence-corrected chi connectivity index (χ2v) is 5.83. The Balaban J connectivity index is 1.89. The van der Waals surface area contributed by atoms with Crippen molar-refractivity contribution < 1.29 is 4.79 Å². The monoisotopic (exact) mass is 375 g/mol. The fraction of sp³-hybridized carbons (Fsp3) is 0.100. The van der Waals surface area contributed by atoms with E-state index in [1.54, 1.807) is 24.5 Å². The van der Waals surface area contributed by atoms with Gasteiger partial charge < -0.3 is 21.4 Å². The topological polar surface area (TPSA) is 121 Å². The van der Waals surface area contributed by atoms with Gasteiger partial charge in [0.1, 0.15) is 5.84 Å². The molecule has 0 aliphatic heterocycles. The van der Waals surface area contributed by atoms with Crippen molar-refractivity contribution in [2.75, 3.05) is 11.9 Å². The van der Waals surface area contributed by atoms with Crippen LogP contribution < -0.4 is 16.4 Å². The number of benzene rings is 1. The van der Waals surface area contributed by atoms with Gasteiger partial charge in [-0.1, -0.05) is 12.6 Å². The summed E-state index contributed by atoms with van der Waals surface area (Å²) in [6.45, 7) is 6.24. The van der Waals surface area contributed by atoms with Gasteiger partial charge in [0.25, 0.3) is 5.95 Å². The van der Waals surface area contributed by atoms with Gasteiger partial charge in [-0.15, -0.1) is 0 Å². The Kier molecular flexibility index (Phi) is 5.81. The number of fused-ring (bicyclic) bond motifs is 1. The molecule has 1 amide bonds. The molecule has 8 heteroatoms. The molecule has 0 unspecified atom stereocenters. The minimum absolute atomic E-state index is 0.259. The van der Waals surface area contributed by atoms with Gasteiger partial charge >= 0.3 is 0 Å². The number of nitrogens with zero attached hydrogens (tertiary/aromatic N) is 3. The lowest BCUT2D eigenvalue weighted by Gasteiger charge is -2.03. The van der Waals surface area contributed by atoms with Gasteiger partial charge in [0, 0.05) is 47.3 Å². The van der Waals surface area contributed by atoms with Crippen LogP contribution in [0.4, 0.5) is 11.6 Å². The predicted octanol–water partition coefficient (Wildman–Crippen LogP) is 2.86. The molecule has 3 rings (SSSR count). The normalized spacial score (nSPS) is 11.7. The van der Waals surface area contributed by atoms with Crippen molar-refractivity contribution in [2.24, 2.45) is 10.7 Å². The molecule has 2 aromatic heterocycles. The molecule has 0 spiro atoms. The van der Waals surface area contributed by atoms with Gasteiger partial charge in [-0.25, -0.2) is 9.97 Å². The molecule has 2 heterocycles. The van der Waals surface area contributed by atoms with Crippen molar-refractivity contribution >= 4 is 34.3 Å². The summed E-state index contributed by atoms with van der Waals surface area (Å²) in [4.78, 5) is 27.5. The van der Waals surface area contributed by atoms with Crippen molar-refractivity contribution in [1.82, 2.24) is 20.3 Å². The number of anilines is 1. The standard InChI is InChI=1S/C20H21N7O/c1-3-19(28)25-13-5-6-14-15(12-24-17(14)11-13)16-7-10-23-20(26-16)27-18(21)8-9-22-4-2/h3,5-12,22,24H,1,4H2,2H3,(H,25,28)(H2,21,23,26,27)/b9-8-. The second-order valence-electron chi connectivity index (χ2n) is 5.83. The van der Waals surface area contributed by atoms with Crippen LogP contribution in [0.3, 0.4) is 0 Å².